The van der Waals surface area contributed by atoms with Gasteiger partial charge in [0.15, 0.2) is 23.6 Å². The van der Waals surface area contributed by atoms with Crippen LogP contribution in [0, 0.1) is 58.2 Å². The van der Waals surface area contributed by atoms with E-state index in [1.54, 1.807) is 137 Å². The Kier molecular flexibility index (Phi) is 28.3. The predicted molar refractivity (Wildman–Crippen MR) is 378 cm³/mol. The quantitative estimate of drug-likeness (QED) is 0.00831. The summed E-state index contributed by atoms with van der Waals surface area (Å²) in [6, 6.07) is 24.2. The molecule has 0 spiro atoms. The van der Waals surface area contributed by atoms with Crippen molar-refractivity contribution in [2.45, 2.75) is 213 Å². The van der Waals surface area contributed by atoms with Crippen LogP contribution in [-0.4, -0.2) is 168 Å². The lowest BCUT2D eigenvalue weighted by molar-refractivity contribution is -0.420. The molecule has 2 saturated carbocycles. The number of rotatable bonds is 28. The summed E-state index contributed by atoms with van der Waals surface area (Å²) in [4.78, 5) is 104. The lowest BCUT2D eigenvalue weighted by Crippen LogP contribution is -2.81. The number of aliphatic hydroxyl groups is 7. The summed E-state index contributed by atoms with van der Waals surface area (Å²) in [5, 5.41) is 82.7. The van der Waals surface area contributed by atoms with Gasteiger partial charge in [0.05, 0.1) is 60.4 Å². The van der Waals surface area contributed by atoms with Crippen LogP contribution >= 0.6 is 0 Å². The zero-order chi connectivity index (χ0) is 76.2. The molecule has 0 radical (unpaired) electrons. The van der Waals surface area contributed by atoms with E-state index in [0.717, 1.165) is 12.5 Å². The fourth-order valence-corrected chi connectivity index (χ4v) is 15.5. The number of ether oxygens (including phenoxy) is 6. The van der Waals surface area contributed by atoms with E-state index in [4.69, 9.17) is 43.9 Å². The second kappa shape index (κ2) is 35.4. The van der Waals surface area contributed by atoms with Gasteiger partial charge >= 0.3 is 30.0 Å². The van der Waals surface area contributed by atoms with Gasteiger partial charge in [-0.2, -0.15) is 0 Å². The Bertz CT molecular complexity index is 3550. The molecule has 0 aromatic heterocycles. The van der Waals surface area contributed by atoms with Gasteiger partial charge in [0.2, 0.25) is 0 Å². The first-order chi connectivity index (χ1) is 48.4. The maximum Gasteiger partial charge on any atom is 0.404 e. The third kappa shape index (κ3) is 18.9. The van der Waals surface area contributed by atoms with Gasteiger partial charge in [0.25, 0.3) is 5.91 Å². The minimum atomic E-state index is -2.25. The van der Waals surface area contributed by atoms with Gasteiger partial charge in [0, 0.05) is 73.7 Å². The number of nitrogens with two attached hydrogens (primary N) is 1. The van der Waals surface area contributed by atoms with Crippen molar-refractivity contribution < 1.29 is 108 Å². The normalized spacial score (nSPS) is 30.6. The van der Waals surface area contributed by atoms with Gasteiger partial charge in [-0.25, -0.2) is 19.4 Å². The van der Waals surface area contributed by atoms with Gasteiger partial charge in [-0.1, -0.05) is 183 Å². The smallest absolute Gasteiger partial charge is 0.404 e. The SMILES string of the molecule is C=C/C=C\[C@H](C)[C@H](OC(N)=O)[C@@H](C)[C@H](O)[C@@H](C)C/C(C)=C\[C@H](C)[C@@H](O)[C@@H](C)/C=C\[C@@H](O)C[C@@H]1OC(=O)[C@H](C)[C@@H](O)[C@H]1C.CC(=O)O[C@H]1C(=O)[C@@]2(C)C([C@H](OOCc3ccccc3)[C@]3(O)C[C@H](OC(=O)[C@H](O)[C@@H](NC(=O)c4ccccc4)c4ccccc4)C=C1C3(C)C)[C@]1(OC(C)=O)CO[C@@H]1C[C@@H]2O. The summed E-state index contributed by atoms with van der Waals surface area (Å²) >= 11 is 0. The molecule has 103 heavy (non-hydrogen) atoms. The van der Waals surface area contributed by atoms with Crippen molar-refractivity contribution in [3.05, 3.63) is 168 Å². The number of hydrogen-bond donors (Lipinski definition) is 9. The highest BCUT2D eigenvalue weighted by atomic mass is 17.2. The summed E-state index contributed by atoms with van der Waals surface area (Å²) < 4.78 is 34.5. The predicted octanol–water partition coefficient (Wildman–Crippen LogP) is 7.93. The Hall–Kier alpha value is -7.75. The largest absolute Gasteiger partial charge is 0.462 e. The highest BCUT2D eigenvalue weighted by Crippen LogP contribution is 2.64. The number of benzene rings is 3. The van der Waals surface area contributed by atoms with E-state index in [0.29, 0.717) is 17.5 Å². The van der Waals surface area contributed by atoms with Crippen LogP contribution in [0.25, 0.3) is 0 Å². The lowest BCUT2D eigenvalue weighted by atomic mass is 9.45. The van der Waals surface area contributed by atoms with Crippen LogP contribution in [0.4, 0.5) is 4.79 Å². The van der Waals surface area contributed by atoms with E-state index in [-0.39, 0.29) is 72.7 Å². The van der Waals surface area contributed by atoms with Gasteiger partial charge in [-0.3, -0.25) is 24.0 Å². The Morgan fingerprint density at radius 2 is 1.42 bits per heavy atom. The first kappa shape index (κ1) is 82.5. The number of hydrogen-bond acceptors (Lipinski definition) is 22. The second-order valence-corrected chi connectivity index (χ2v) is 29.4. The average molecular weight is 1440 g/mol. The second-order valence-electron chi connectivity index (χ2n) is 29.4. The number of cyclic esters (lactones) is 1. The number of ketones is 1. The minimum absolute atomic E-state index is 0.0165. The summed E-state index contributed by atoms with van der Waals surface area (Å²) in [5.74, 6) is -8.11. The Balaban J connectivity index is 0.000000311. The number of carbonyl (C=O) groups excluding carboxylic acids is 7. The van der Waals surface area contributed by atoms with Crippen LogP contribution in [-0.2, 0) is 68.8 Å². The van der Waals surface area contributed by atoms with Crippen molar-refractivity contribution in [1.29, 1.82) is 0 Å². The van der Waals surface area contributed by atoms with E-state index in [2.05, 4.69) is 11.9 Å². The summed E-state index contributed by atoms with van der Waals surface area (Å²) in [5.41, 5.74) is 0.242. The van der Waals surface area contributed by atoms with Gasteiger partial charge in [-0.05, 0) is 68.0 Å². The number of primary amides is 1. The highest BCUT2D eigenvalue weighted by molar-refractivity contribution is 5.96. The molecule has 2 saturated heterocycles. The number of carbonyl (C=O) groups is 7. The van der Waals surface area contributed by atoms with Crippen molar-refractivity contribution >= 4 is 41.7 Å². The van der Waals surface area contributed by atoms with Crippen LogP contribution in [0.5, 0.6) is 0 Å². The molecule has 24 heteroatoms. The third-order valence-electron chi connectivity index (χ3n) is 21.6. The van der Waals surface area contributed by atoms with Crippen molar-refractivity contribution in [2.24, 2.45) is 63.9 Å². The molecule has 3 aromatic rings. The van der Waals surface area contributed by atoms with E-state index in [9.17, 15) is 64.5 Å². The molecule has 8 rings (SSSR count). The highest BCUT2D eigenvalue weighted by Gasteiger charge is 2.78. The van der Waals surface area contributed by atoms with E-state index in [1.165, 1.54) is 19.9 Å². The van der Waals surface area contributed by atoms with Crippen LogP contribution in [0.15, 0.2) is 151 Å². The molecular formula is C79H106N2O22. The number of fused-ring (bicyclic) bond motifs is 5. The van der Waals surface area contributed by atoms with Crippen LogP contribution < -0.4 is 11.1 Å². The number of Topliss-reactive ketones (excluding diaryl/α,β-unsaturated/α-hetero) is 1. The Labute approximate surface area is 603 Å². The van der Waals surface area contributed by atoms with Gasteiger partial charge in [-0.15, -0.1) is 0 Å². The molecule has 3 aromatic carbocycles. The molecule has 2 amide bonds. The number of amides is 2. The molecule has 2 aliphatic heterocycles. The maximum atomic E-state index is 15.3. The average Bonchev–Trinajstić information content (AvgIpc) is 0.672. The third-order valence-corrected chi connectivity index (χ3v) is 21.6. The first-order valence-electron chi connectivity index (χ1n) is 35.3. The molecular weight excluding hydrogens is 1330 g/mol. The van der Waals surface area contributed by atoms with E-state index < -0.39 is 161 Å². The van der Waals surface area contributed by atoms with E-state index in [1.807, 2.05) is 59.8 Å². The molecule has 3 aliphatic carbocycles. The number of esters is 4. The first-order valence-corrected chi connectivity index (χ1v) is 35.3. The minimum Gasteiger partial charge on any atom is -0.462 e. The molecule has 4 fully saturated rings. The molecule has 2 bridgehead atoms. The van der Waals surface area contributed by atoms with Crippen LogP contribution in [0.2, 0.25) is 0 Å². The van der Waals surface area contributed by atoms with Crippen molar-refractivity contribution in [3.8, 4) is 0 Å². The van der Waals surface area contributed by atoms with Crippen molar-refractivity contribution in [2.75, 3.05) is 6.61 Å². The molecule has 10 N–H and O–H groups in total. The summed E-state index contributed by atoms with van der Waals surface area (Å²) in [7, 11) is 0. The standard InChI is InChI=1S/C46H51NO14.C33H55NO8/c1-26(48)58-37-32-21-31(59-42(54)36(51)35(29-17-11-7-12-18-29)47-41(53)30-19-13-8-14-20-30)23-46(55,43(32,3)4)40(61-57-24-28-15-9-6-10-16-28)38-44(5,39(37)52)33(50)22-34-45(38,25-56-34)60-27(2)49;1-10-11-12-20(4)31(42-33(34)40)24(8)29(37)22(6)16-18(2)15-21(5)28(36)19(3)13-14-26(35)17-27-23(7)30(38)25(9)32(39)41-27/h6-21,31,33-38,40,50-51,55H,22-25H2,1-5H3,(H,47,53);10-15,19-31,35-38H,1,16-17H2,2-9H3,(H2,34,40)/b;12-11-,14-13-,18-15-/t31-,33+,34-,35+,36-,37-,38?,40+,44-,45+,46-;19-,20-,21-,22-,23-,24-,25+,26+,27-,28-,29+,30-,31-/m10/s1. The molecule has 24 nitrogen and oxygen atoms in total. The van der Waals surface area contributed by atoms with Crippen molar-refractivity contribution in [3.63, 3.8) is 0 Å². The zero-order valence-corrected chi connectivity index (χ0v) is 61.1. The molecule has 2 heterocycles. The summed E-state index contributed by atoms with van der Waals surface area (Å²) in [6.07, 6.45) is -2.44. The number of allylic oxidation sites excluding steroid dienone is 3. The van der Waals surface area contributed by atoms with E-state index >= 15 is 4.79 Å². The summed E-state index contributed by atoms with van der Waals surface area (Å²) in [6.45, 7) is 25.0. The van der Waals surface area contributed by atoms with Crippen LogP contribution in [0.3, 0.4) is 0 Å². The van der Waals surface area contributed by atoms with Gasteiger partial charge < -0.3 is 75.2 Å². The molecule has 24 atom stereocenters. The number of aliphatic hydroxyl groups excluding tert-OH is 6. The van der Waals surface area contributed by atoms with Gasteiger partial charge in [0.1, 0.15) is 42.7 Å². The topological polar surface area (TPSA) is 373 Å². The Morgan fingerprint density at radius 3 is 2.00 bits per heavy atom. The molecule has 5 aliphatic rings. The fraction of sp³-hybridized carbons (Fsp3) is 0.557. The lowest BCUT2D eigenvalue weighted by Gasteiger charge is -2.67. The Morgan fingerprint density at radius 1 is 0.796 bits per heavy atom. The molecule has 564 valence electrons. The monoisotopic (exact) mass is 1430 g/mol. The zero-order valence-electron chi connectivity index (χ0n) is 61.1. The van der Waals surface area contributed by atoms with Crippen molar-refractivity contribution in [1.82, 2.24) is 5.32 Å². The fourth-order valence-electron chi connectivity index (χ4n) is 15.5. The molecule has 1 unspecified atom stereocenters. The maximum absolute atomic E-state index is 15.3. The van der Waals surface area contributed by atoms with Crippen LogP contribution in [0.1, 0.15) is 143 Å². The number of nitrogens with one attached hydrogen (secondary N) is 1.